The van der Waals surface area contributed by atoms with Gasteiger partial charge >= 0.3 is 0 Å². The number of halogens is 1. The molecule has 0 spiro atoms. The number of ether oxygens (including phenoxy) is 1. The van der Waals surface area contributed by atoms with Crippen LogP contribution in [-0.2, 0) is 6.42 Å². The van der Waals surface area contributed by atoms with Gasteiger partial charge in [0.15, 0.2) is 0 Å². The first-order valence-corrected chi connectivity index (χ1v) is 6.51. The molecule has 1 aromatic heterocycles. The van der Waals surface area contributed by atoms with Gasteiger partial charge in [0.2, 0.25) is 0 Å². The first-order valence-electron chi connectivity index (χ1n) is 5.25. The number of hydrogen-bond acceptors (Lipinski definition) is 4. The molecular formula is C12H13ClN2OS. The lowest BCUT2D eigenvalue weighted by Crippen LogP contribution is -2.05. The summed E-state index contributed by atoms with van der Waals surface area (Å²) < 4.78 is 5.25. The predicted octanol–water partition coefficient (Wildman–Crippen LogP) is 3.46. The van der Waals surface area contributed by atoms with Gasteiger partial charge in [-0.2, -0.15) is 0 Å². The number of anilines is 1. The van der Waals surface area contributed by atoms with E-state index in [1.165, 1.54) is 0 Å². The maximum atomic E-state index is 5.95. The number of methoxy groups -OCH3 is 1. The van der Waals surface area contributed by atoms with Crippen molar-refractivity contribution in [1.82, 2.24) is 4.98 Å². The van der Waals surface area contributed by atoms with Gasteiger partial charge < -0.3 is 10.1 Å². The Labute approximate surface area is 109 Å². The number of benzene rings is 1. The van der Waals surface area contributed by atoms with E-state index in [9.17, 15) is 0 Å². The molecular weight excluding hydrogens is 256 g/mol. The summed E-state index contributed by atoms with van der Waals surface area (Å²) in [5.74, 6) is 0.800. The van der Waals surface area contributed by atoms with Crippen LogP contribution >= 0.6 is 22.9 Å². The highest BCUT2D eigenvalue weighted by atomic mass is 35.5. The summed E-state index contributed by atoms with van der Waals surface area (Å²) in [4.78, 5) is 4.23. The van der Waals surface area contributed by atoms with Gasteiger partial charge in [-0.1, -0.05) is 11.6 Å². The van der Waals surface area contributed by atoms with Crippen LogP contribution < -0.4 is 10.1 Å². The maximum absolute atomic E-state index is 5.95. The molecule has 1 N–H and O–H groups in total. The molecule has 17 heavy (non-hydrogen) atoms. The molecule has 0 aliphatic heterocycles. The molecule has 0 atom stereocenters. The lowest BCUT2D eigenvalue weighted by atomic mass is 10.3. The summed E-state index contributed by atoms with van der Waals surface area (Å²) in [7, 11) is 1.65. The second-order valence-electron chi connectivity index (χ2n) is 3.45. The molecule has 1 aromatic carbocycles. The highest BCUT2D eigenvalue weighted by molar-refractivity contribution is 7.09. The molecule has 0 saturated heterocycles. The van der Waals surface area contributed by atoms with Crippen LogP contribution in [0.1, 0.15) is 5.01 Å². The van der Waals surface area contributed by atoms with Crippen LogP contribution in [0.15, 0.2) is 29.8 Å². The number of nitrogens with one attached hydrogen (secondary N) is 1. The Morgan fingerprint density at radius 1 is 1.47 bits per heavy atom. The van der Waals surface area contributed by atoms with E-state index < -0.39 is 0 Å². The van der Waals surface area contributed by atoms with Crippen LogP contribution in [0.3, 0.4) is 0 Å². The minimum atomic E-state index is 0.697. The zero-order chi connectivity index (χ0) is 12.1. The molecule has 0 aliphatic carbocycles. The zero-order valence-electron chi connectivity index (χ0n) is 9.44. The fourth-order valence-corrected chi connectivity index (χ4v) is 2.29. The summed E-state index contributed by atoms with van der Waals surface area (Å²) >= 11 is 7.61. The highest BCUT2D eigenvalue weighted by Crippen LogP contribution is 2.27. The molecule has 2 rings (SSSR count). The van der Waals surface area contributed by atoms with Crippen LogP contribution in [0.4, 0.5) is 5.69 Å². The van der Waals surface area contributed by atoms with E-state index in [1.807, 2.05) is 29.8 Å². The summed E-state index contributed by atoms with van der Waals surface area (Å²) in [6.07, 6.45) is 2.72. The van der Waals surface area contributed by atoms with Gasteiger partial charge in [0.05, 0.1) is 17.8 Å². The van der Waals surface area contributed by atoms with Crippen molar-refractivity contribution in [3.8, 4) is 5.75 Å². The first kappa shape index (κ1) is 12.2. The molecule has 1 heterocycles. The van der Waals surface area contributed by atoms with Gasteiger partial charge in [-0.05, 0) is 18.2 Å². The summed E-state index contributed by atoms with van der Waals surface area (Å²) in [6.45, 7) is 0.810. The average Bonchev–Trinajstić information content (AvgIpc) is 2.82. The average molecular weight is 269 g/mol. The second kappa shape index (κ2) is 5.89. The zero-order valence-corrected chi connectivity index (χ0v) is 11.0. The van der Waals surface area contributed by atoms with E-state index in [1.54, 1.807) is 18.4 Å². The van der Waals surface area contributed by atoms with Crippen LogP contribution in [0.2, 0.25) is 5.02 Å². The molecule has 3 nitrogen and oxygen atoms in total. The van der Waals surface area contributed by atoms with Crippen LogP contribution in [-0.4, -0.2) is 18.6 Å². The Bertz CT molecular complexity index is 473. The van der Waals surface area contributed by atoms with Crippen molar-refractivity contribution >= 4 is 28.6 Å². The second-order valence-corrected chi connectivity index (χ2v) is 4.86. The largest absolute Gasteiger partial charge is 0.495 e. The van der Waals surface area contributed by atoms with E-state index in [0.29, 0.717) is 5.02 Å². The third-order valence-corrected chi connectivity index (χ3v) is 3.37. The third-order valence-electron chi connectivity index (χ3n) is 2.30. The number of thiazole rings is 1. The van der Waals surface area contributed by atoms with Crippen LogP contribution in [0.25, 0.3) is 0 Å². The van der Waals surface area contributed by atoms with Gasteiger partial charge in [0, 0.05) is 29.6 Å². The number of hydrogen-bond donors (Lipinski definition) is 1. The normalized spacial score (nSPS) is 10.2. The molecule has 0 fully saturated rings. The molecule has 5 heteroatoms. The summed E-state index contributed by atoms with van der Waals surface area (Å²) in [6, 6.07) is 5.53. The van der Waals surface area contributed by atoms with Crippen molar-refractivity contribution in [2.24, 2.45) is 0 Å². The van der Waals surface area contributed by atoms with Crippen molar-refractivity contribution in [2.45, 2.75) is 6.42 Å². The van der Waals surface area contributed by atoms with Crippen molar-refractivity contribution in [1.29, 1.82) is 0 Å². The molecule has 0 unspecified atom stereocenters. The molecule has 0 bridgehead atoms. The first-order chi connectivity index (χ1) is 8.29. The molecule has 0 amide bonds. The van der Waals surface area contributed by atoms with E-state index in [4.69, 9.17) is 16.3 Å². The Morgan fingerprint density at radius 2 is 2.35 bits per heavy atom. The minimum Gasteiger partial charge on any atom is -0.495 e. The van der Waals surface area contributed by atoms with E-state index >= 15 is 0 Å². The molecule has 2 aromatic rings. The Kier molecular flexibility index (Phi) is 4.23. The van der Waals surface area contributed by atoms with Gasteiger partial charge in [0.25, 0.3) is 0 Å². The van der Waals surface area contributed by atoms with E-state index in [0.717, 1.165) is 29.4 Å². The minimum absolute atomic E-state index is 0.697. The van der Waals surface area contributed by atoms with Gasteiger partial charge in [-0.25, -0.2) is 4.98 Å². The van der Waals surface area contributed by atoms with Crippen molar-refractivity contribution in [3.05, 3.63) is 39.8 Å². The van der Waals surface area contributed by atoms with Crippen molar-refractivity contribution in [3.63, 3.8) is 0 Å². The summed E-state index contributed by atoms with van der Waals surface area (Å²) in [5.41, 5.74) is 0.913. The van der Waals surface area contributed by atoms with Crippen molar-refractivity contribution < 1.29 is 4.74 Å². The maximum Gasteiger partial charge on any atom is 0.142 e. The Hall–Kier alpha value is -1.26. The fourth-order valence-electron chi connectivity index (χ4n) is 1.50. The van der Waals surface area contributed by atoms with Crippen molar-refractivity contribution in [2.75, 3.05) is 19.0 Å². The lowest BCUT2D eigenvalue weighted by Gasteiger charge is -2.10. The third kappa shape index (κ3) is 3.35. The molecule has 0 saturated carbocycles. The quantitative estimate of drug-likeness (QED) is 0.902. The van der Waals surface area contributed by atoms with E-state index in [-0.39, 0.29) is 0 Å². The lowest BCUT2D eigenvalue weighted by molar-refractivity contribution is 0.416. The van der Waals surface area contributed by atoms with E-state index in [2.05, 4.69) is 10.3 Å². The number of rotatable bonds is 5. The predicted molar refractivity (Wildman–Crippen MR) is 72.3 cm³/mol. The smallest absolute Gasteiger partial charge is 0.142 e. The summed E-state index contributed by atoms with van der Waals surface area (Å²) in [5, 5.41) is 7.10. The number of nitrogens with zero attached hydrogens (tertiary/aromatic N) is 1. The molecule has 90 valence electrons. The van der Waals surface area contributed by atoms with Crippen LogP contribution in [0, 0.1) is 0 Å². The standard InChI is InChI=1S/C12H13ClN2OS/c1-16-11-3-2-9(13)8-10(11)14-5-4-12-15-6-7-17-12/h2-3,6-8,14H,4-5H2,1H3. The Morgan fingerprint density at radius 3 is 3.06 bits per heavy atom. The van der Waals surface area contributed by atoms with Gasteiger partial charge in [-0.15, -0.1) is 11.3 Å². The van der Waals surface area contributed by atoms with Gasteiger partial charge in [-0.3, -0.25) is 0 Å². The molecule has 0 aliphatic rings. The Balaban J connectivity index is 1.96. The fraction of sp³-hybridized carbons (Fsp3) is 0.250. The SMILES string of the molecule is COc1ccc(Cl)cc1NCCc1nccs1. The number of aromatic nitrogens is 1. The monoisotopic (exact) mass is 268 g/mol. The van der Waals surface area contributed by atoms with Crippen LogP contribution in [0.5, 0.6) is 5.75 Å². The highest BCUT2D eigenvalue weighted by Gasteiger charge is 2.03. The topological polar surface area (TPSA) is 34.1 Å². The molecule has 0 radical (unpaired) electrons. The van der Waals surface area contributed by atoms with Gasteiger partial charge in [0.1, 0.15) is 5.75 Å².